The normalized spacial score (nSPS) is 15.4. The van der Waals surface area contributed by atoms with Crippen molar-refractivity contribution in [3.8, 4) is 0 Å². The van der Waals surface area contributed by atoms with Crippen LogP contribution in [0.25, 0.3) is 0 Å². The maximum atomic E-state index is 12.2. The maximum absolute atomic E-state index is 12.2. The first-order valence-electron chi connectivity index (χ1n) is 9.04. The number of nitrogens with zero attached hydrogens (tertiary/aromatic N) is 1. The van der Waals surface area contributed by atoms with Gasteiger partial charge < -0.3 is 5.32 Å². The number of thiophene rings is 1. The molecule has 0 radical (unpaired) electrons. The number of hydrogen-bond donors (Lipinski definition) is 2. The predicted octanol–water partition coefficient (Wildman–Crippen LogP) is 5.07. The number of nitrogens with one attached hydrogen (secondary N) is 2. The van der Waals surface area contributed by atoms with Crippen molar-refractivity contribution in [2.24, 2.45) is 11.0 Å². The predicted molar refractivity (Wildman–Crippen MR) is 111 cm³/mol. The van der Waals surface area contributed by atoms with Crippen molar-refractivity contribution in [2.45, 2.75) is 39.0 Å². The van der Waals surface area contributed by atoms with Gasteiger partial charge in [-0.3, -0.25) is 9.59 Å². The van der Waals surface area contributed by atoms with Crippen LogP contribution in [-0.2, 0) is 4.79 Å². The number of benzene rings is 1. The van der Waals surface area contributed by atoms with Gasteiger partial charge in [0.1, 0.15) is 0 Å². The van der Waals surface area contributed by atoms with Crippen LogP contribution < -0.4 is 10.7 Å². The highest BCUT2D eigenvalue weighted by atomic mass is 35.5. The topological polar surface area (TPSA) is 70.6 Å². The Bertz CT molecular complexity index is 839. The van der Waals surface area contributed by atoms with Gasteiger partial charge in [-0.15, -0.1) is 11.3 Å². The van der Waals surface area contributed by atoms with Gasteiger partial charge in [0.25, 0.3) is 5.91 Å². The van der Waals surface area contributed by atoms with Crippen LogP contribution in [0.5, 0.6) is 0 Å². The molecule has 1 heterocycles. The van der Waals surface area contributed by atoms with Crippen LogP contribution in [-0.4, -0.2) is 17.5 Å². The molecule has 5 nitrogen and oxygen atoms in total. The highest BCUT2D eigenvalue weighted by molar-refractivity contribution is 7.18. The molecular formula is C20H22ClN3O2S. The molecule has 2 aromatic rings. The minimum Gasteiger partial charge on any atom is -0.321 e. The molecule has 1 aliphatic carbocycles. The lowest BCUT2D eigenvalue weighted by molar-refractivity contribution is -0.125. The van der Waals surface area contributed by atoms with E-state index in [1.165, 1.54) is 17.8 Å². The lowest BCUT2D eigenvalue weighted by Crippen LogP contribution is -2.29. The van der Waals surface area contributed by atoms with Crippen molar-refractivity contribution in [3.05, 3.63) is 51.2 Å². The van der Waals surface area contributed by atoms with E-state index in [4.69, 9.17) is 11.6 Å². The first-order chi connectivity index (χ1) is 13.0. The number of anilines is 1. The molecule has 0 atom stereocenters. The highest BCUT2D eigenvalue weighted by Crippen LogP contribution is 2.24. The molecule has 0 spiro atoms. The Labute approximate surface area is 167 Å². The van der Waals surface area contributed by atoms with E-state index in [1.807, 2.05) is 31.2 Å². The molecule has 3 rings (SSSR count). The summed E-state index contributed by atoms with van der Waals surface area (Å²) in [5.74, 6) is -0.101. The Morgan fingerprint density at radius 2 is 1.78 bits per heavy atom. The van der Waals surface area contributed by atoms with Gasteiger partial charge in [0.15, 0.2) is 0 Å². The SMILES string of the molecule is C/C(=N\NC(=O)C1CCCCC1)c1ccc(NC(=O)c2ccc(Cl)s2)cc1. The van der Waals surface area contributed by atoms with Crippen LogP contribution in [0.15, 0.2) is 41.5 Å². The standard InChI is InChI=1S/C20H22ClN3O2S/c1-13(23-24-19(25)15-5-3-2-4-6-15)14-7-9-16(10-8-14)22-20(26)17-11-12-18(21)27-17/h7-12,15H,2-6H2,1H3,(H,22,26)(H,24,25)/b23-13+. The van der Waals surface area contributed by atoms with Gasteiger partial charge in [-0.1, -0.05) is 43.0 Å². The summed E-state index contributed by atoms with van der Waals surface area (Å²) in [7, 11) is 0. The molecule has 1 aromatic carbocycles. The van der Waals surface area contributed by atoms with Gasteiger partial charge in [-0.05, 0) is 49.6 Å². The monoisotopic (exact) mass is 403 g/mol. The number of hydrogen-bond acceptors (Lipinski definition) is 4. The number of hydrazone groups is 1. The van der Waals surface area contributed by atoms with E-state index in [2.05, 4.69) is 15.8 Å². The van der Waals surface area contributed by atoms with Crippen molar-refractivity contribution < 1.29 is 9.59 Å². The number of carbonyl (C=O) groups is 2. The summed E-state index contributed by atoms with van der Waals surface area (Å²) >= 11 is 7.10. The van der Waals surface area contributed by atoms with Crippen LogP contribution in [0.2, 0.25) is 4.34 Å². The molecule has 142 valence electrons. The van der Waals surface area contributed by atoms with Crippen LogP contribution in [0.3, 0.4) is 0 Å². The molecule has 1 aromatic heterocycles. The fraction of sp³-hybridized carbons (Fsp3) is 0.350. The molecule has 0 bridgehead atoms. The second-order valence-electron chi connectivity index (χ2n) is 6.64. The summed E-state index contributed by atoms with van der Waals surface area (Å²) < 4.78 is 0.581. The first kappa shape index (κ1) is 19.6. The van der Waals surface area contributed by atoms with Gasteiger partial charge >= 0.3 is 0 Å². The largest absolute Gasteiger partial charge is 0.321 e. The third-order valence-electron chi connectivity index (χ3n) is 4.67. The Hall–Kier alpha value is -2.18. The summed E-state index contributed by atoms with van der Waals surface area (Å²) in [5, 5.41) is 7.06. The van der Waals surface area contributed by atoms with Crippen LogP contribution in [0, 0.1) is 5.92 Å². The molecule has 27 heavy (non-hydrogen) atoms. The smallest absolute Gasteiger partial charge is 0.265 e. The third-order valence-corrected chi connectivity index (χ3v) is 5.90. The van der Waals surface area contributed by atoms with Crippen LogP contribution in [0.4, 0.5) is 5.69 Å². The molecule has 1 aliphatic rings. The molecule has 0 saturated heterocycles. The first-order valence-corrected chi connectivity index (χ1v) is 10.2. The van der Waals surface area contributed by atoms with Gasteiger partial charge in [0, 0.05) is 11.6 Å². The fourth-order valence-corrected chi connectivity index (χ4v) is 4.02. The summed E-state index contributed by atoms with van der Waals surface area (Å²) in [4.78, 5) is 24.9. The van der Waals surface area contributed by atoms with E-state index in [1.54, 1.807) is 12.1 Å². The zero-order chi connectivity index (χ0) is 19.2. The molecule has 2 amide bonds. The molecule has 0 unspecified atom stereocenters. The van der Waals surface area contributed by atoms with E-state index >= 15 is 0 Å². The zero-order valence-corrected chi connectivity index (χ0v) is 16.7. The Morgan fingerprint density at radius 3 is 2.41 bits per heavy atom. The third kappa shape index (κ3) is 5.40. The molecular weight excluding hydrogens is 382 g/mol. The Morgan fingerprint density at radius 1 is 1.07 bits per heavy atom. The lowest BCUT2D eigenvalue weighted by Gasteiger charge is -2.19. The molecule has 2 N–H and O–H groups in total. The van der Waals surface area contributed by atoms with E-state index in [0.29, 0.717) is 14.9 Å². The van der Waals surface area contributed by atoms with Crippen LogP contribution >= 0.6 is 22.9 Å². The number of rotatable bonds is 5. The van der Waals surface area contributed by atoms with Gasteiger partial charge in [0.05, 0.1) is 14.9 Å². The molecule has 1 saturated carbocycles. The average molecular weight is 404 g/mol. The van der Waals surface area contributed by atoms with Gasteiger partial charge in [0.2, 0.25) is 5.91 Å². The number of carbonyl (C=O) groups excluding carboxylic acids is 2. The van der Waals surface area contributed by atoms with Crippen LogP contribution in [0.1, 0.15) is 54.3 Å². The number of amides is 2. The van der Waals surface area contributed by atoms with Crippen molar-refractivity contribution >= 4 is 46.2 Å². The minimum absolute atomic E-state index is 0.00698. The lowest BCUT2D eigenvalue weighted by atomic mass is 9.89. The van der Waals surface area contributed by atoms with E-state index in [-0.39, 0.29) is 17.7 Å². The van der Waals surface area contributed by atoms with Crippen molar-refractivity contribution in [3.63, 3.8) is 0 Å². The second kappa shape index (κ2) is 9.15. The van der Waals surface area contributed by atoms with Crippen molar-refractivity contribution in [2.75, 3.05) is 5.32 Å². The quantitative estimate of drug-likeness (QED) is 0.540. The summed E-state index contributed by atoms with van der Waals surface area (Å²) in [6.07, 6.45) is 5.35. The van der Waals surface area contributed by atoms with E-state index < -0.39 is 0 Å². The molecule has 7 heteroatoms. The fourth-order valence-electron chi connectivity index (χ4n) is 3.08. The van der Waals surface area contributed by atoms with E-state index in [0.717, 1.165) is 37.0 Å². The molecule has 1 fully saturated rings. The summed E-state index contributed by atoms with van der Waals surface area (Å²) in [6, 6.07) is 10.7. The van der Waals surface area contributed by atoms with Crippen molar-refractivity contribution in [1.29, 1.82) is 0 Å². The molecule has 0 aliphatic heterocycles. The number of halogens is 1. The average Bonchev–Trinajstić information content (AvgIpc) is 3.13. The highest BCUT2D eigenvalue weighted by Gasteiger charge is 2.20. The summed E-state index contributed by atoms with van der Waals surface area (Å²) in [5.41, 5.74) is 4.99. The maximum Gasteiger partial charge on any atom is 0.265 e. The van der Waals surface area contributed by atoms with Crippen molar-refractivity contribution in [1.82, 2.24) is 5.43 Å². The van der Waals surface area contributed by atoms with Gasteiger partial charge in [-0.25, -0.2) is 5.43 Å². The summed E-state index contributed by atoms with van der Waals surface area (Å²) in [6.45, 7) is 1.85. The van der Waals surface area contributed by atoms with E-state index in [9.17, 15) is 9.59 Å². The zero-order valence-electron chi connectivity index (χ0n) is 15.1. The Kier molecular flexibility index (Phi) is 6.63. The minimum atomic E-state index is -0.190. The second-order valence-corrected chi connectivity index (χ2v) is 8.36. The Balaban J connectivity index is 1.57. The van der Waals surface area contributed by atoms with Gasteiger partial charge in [-0.2, -0.15) is 5.10 Å².